The normalized spacial score (nSPS) is 16.7. The highest BCUT2D eigenvalue weighted by Crippen LogP contribution is 2.32. The van der Waals surface area contributed by atoms with Gasteiger partial charge < -0.3 is 24.3 Å². The summed E-state index contributed by atoms with van der Waals surface area (Å²) in [6, 6.07) is 12.5. The molecule has 3 rings (SSSR count). The van der Waals surface area contributed by atoms with E-state index in [4.69, 9.17) is 18.9 Å². The van der Waals surface area contributed by atoms with E-state index >= 15 is 0 Å². The fourth-order valence-electron chi connectivity index (χ4n) is 2.71. The van der Waals surface area contributed by atoms with Crippen LogP contribution >= 0.6 is 0 Å². The Labute approximate surface area is 146 Å². The highest BCUT2D eigenvalue weighted by molar-refractivity contribution is 5.82. The lowest BCUT2D eigenvalue weighted by Gasteiger charge is -2.27. The molecule has 2 aromatic rings. The lowest BCUT2D eigenvalue weighted by molar-refractivity contribution is -0.131. The topological polar surface area (TPSA) is 66.0 Å². The fraction of sp³-hybridized carbons (Fsp3) is 0.316. The second-order valence-electron chi connectivity index (χ2n) is 5.70. The standard InChI is InChI=1S/C19H21NO5/c1-12(14-10-13(22-2)8-9-15(14)23-3)20-19(21)18-11-24-16-6-4-5-7-17(16)25-18/h4-10,12,18H,11H2,1-3H3,(H,20,21)/t12-,18+/m0/s1. The zero-order chi connectivity index (χ0) is 17.8. The third kappa shape index (κ3) is 3.63. The number of amides is 1. The van der Waals surface area contributed by atoms with E-state index < -0.39 is 6.10 Å². The number of nitrogens with one attached hydrogen (secondary N) is 1. The van der Waals surface area contributed by atoms with Crippen molar-refractivity contribution in [2.45, 2.75) is 19.1 Å². The number of hydrogen-bond donors (Lipinski definition) is 1. The zero-order valence-electron chi connectivity index (χ0n) is 14.4. The van der Waals surface area contributed by atoms with Crippen LogP contribution in [0.2, 0.25) is 0 Å². The average Bonchev–Trinajstić information content (AvgIpc) is 2.66. The first-order valence-corrected chi connectivity index (χ1v) is 8.03. The average molecular weight is 343 g/mol. The first kappa shape index (κ1) is 17.0. The van der Waals surface area contributed by atoms with E-state index in [1.165, 1.54) is 0 Å². The van der Waals surface area contributed by atoms with Crippen molar-refractivity contribution in [1.29, 1.82) is 0 Å². The Hall–Kier alpha value is -2.89. The molecule has 1 aliphatic heterocycles. The summed E-state index contributed by atoms with van der Waals surface area (Å²) in [4.78, 5) is 12.6. The molecule has 1 N–H and O–H groups in total. The number of ether oxygens (including phenoxy) is 4. The largest absolute Gasteiger partial charge is 0.497 e. The van der Waals surface area contributed by atoms with Crippen LogP contribution in [0.5, 0.6) is 23.0 Å². The van der Waals surface area contributed by atoms with Gasteiger partial charge in [-0.15, -0.1) is 0 Å². The molecule has 0 unspecified atom stereocenters. The summed E-state index contributed by atoms with van der Waals surface area (Å²) in [7, 11) is 3.19. The molecule has 0 radical (unpaired) electrons. The lowest BCUT2D eigenvalue weighted by atomic mass is 10.1. The Morgan fingerprint density at radius 2 is 1.92 bits per heavy atom. The van der Waals surface area contributed by atoms with Gasteiger partial charge >= 0.3 is 0 Å². The summed E-state index contributed by atoms with van der Waals surface area (Å²) in [5.74, 6) is 2.35. The molecule has 1 heterocycles. The first-order chi connectivity index (χ1) is 12.1. The number of para-hydroxylation sites is 2. The van der Waals surface area contributed by atoms with Gasteiger partial charge in [-0.2, -0.15) is 0 Å². The second kappa shape index (κ2) is 7.34. The number of carbonyl (C=O) groups is 1. The van der Waals surface area contributed by atoms with E-state index in [0.29, 0.717) is 23.0 Å². The molecule has 0 bridgehead atoms. The van der Waals surface area contributed by atoms with E-state index in [1.807, 2.05) is 43.3 Å². The van der Waals surface area contributed by atoms with Crippen LogP contribution in [0.15, 0.2) is 42.5 Å². The minimum Gasteiger partial charge on any atom is -0.497 e. The predicted molar refractivity (Wildman–Crippen MR) is 92.5 cm³/mol. The molecule has 0 spiro atoms. The Morgan fingerprint density at radius 3 is 2.64 bits per heavy atom. The predicted octanol–water partition coefficient (Wildman–Crippen LogP) is 2.72. The Kier molecular flexibility index (Phi) is 4.97. The number of methoxy groups -OCH3 is 2. The number of fused-ring (bicyclic) bond motifs is 1. The number of carbonyl (C=O) groups excluding carboxylic acids is 1. The van der Waals surface area contributed by atoms with Gasteiger partial charge in [0, 0.05) is 5.56 Å². The van der Waals surface area contributed by atoms with Crippen molar-refractivity contribution in [3.63, 3.8) is 0 Å². The van der Waals surface area contributed by atoms with Crippen LogP contribution in [0, 0.1) is 0 Å². The zero-order valence-corrected chi connectivity index (χ0v) is 14.4. The summed E-state index contributed by atoms with van der Waals surface area (Å²) in [5.41, 5.74) is 0.826. The molecular weight excluding hydrogens is 322 g/mol. The molecule has 0 saturated heterocycles. The molecule has 0 aromatic heterocycles. The monoisotopic (exact) mass is 343 g/mol. The Bertz CT molecular complexity index is 761. The van der Waals surface area contributed by atoms with Crippen molar-refractivity contribution in [3.05, 3.63) is 48.0 Å². The molecular formula is C19H21NO5. The Balaban J connectivity index is 1.71. The molecule has 1 aliphatic rings. The van der Waals surface area contributed by atoms with E-state index in [-0.39, 0.29) is 18.6 Å². The molecule has 2 aromatic carbocycles. The SMILES string of the molecule is COc1ccc(OC)c([C@H](C)NC(=O)[C@H]2COc3ccccc3O2)c1. The smallest absolute Gasteiger partial charge is 0.265 e. The third-order valence-electron chi connectivity index (χ3n) is 4.06. The van der Waals surface area contributed by atoms with Crippen molar-refractivity contribution in [2.75, 3.05) is 20.8 Å². The molecule has 2 atom stereocenters. The van der Waals surface area contributed by atoms with Gasteiger partial charge in [0.15, 0.2) is 11.5 Å². The molecule has 6 nitrogen and oxygen atoms in total. The maximum atomic E-state index is 12.6. The van der Waals surface area contributed by atoms with Crippen molar-refractivity contribution in [3.8, 4) is 23.0 Å². The van der Waals surface area contributed by atoms with Crippen LogP contribution in [-0.4, -0.2) is 32.8 Å². The number of rotatable bonds is 5. The number of benzene rings is 2. The van der Waals surface area contributed by atoms with E-state index in [2.05, 4.69) is 5.32 Å². The highest BCUT2D eigenvalue weighted by Gasteiger charge is 2.28. The summed E-state index contributed by atoms with van der Waals surface area (Å²) in [5, 5.41) is 2.94. The molecule has 1 amide bonds. The summed E-state index contributed by atoms with van der Waals surface area (Å²) >= 11 is 0. The van der Waals surface area contributed by atoms with Crippen LogP contribution in [0.1, 0.15) is 18.5 Å². The van der Waals surface area contributed by atoms with Gasteiger partial charge in [-0.1, -0.05) is 12.1 Å². The summed E-state index contributed by atoms with van der Waals surface area (Å²) < 4.78 is 22.0. The van der Waals surface area contributed by atoms with Gasteiger partial charge in [0.2, 0.25) is 6.10 Å². The van der Waals surface area contributed by atoms with Gasteiger partial charge in [0.25, 0.3) is 5.91 Å². The lowest BCUT2D eigenvalue weighted by Crippen LogP contribution is -2.44. The quantitative estimate of drug-likeness (QED) is 0.904. The minimum atomic E-state index is -0.700. The maximum Gasteiger partial charge on any atom is 0.265 e. The van der Waals surface area contributed by atoms with E-state index in [9.17, 15) is 4.79 Å². The van der Waals surface area contributed by atoms with Crippen LogP contribution in [0.25, 0.3) is 0 Å². The van der Waals surface area contributed by atoms with E-state index in [0.717, 1.165) is 5.56 Å². The minimum absolute atomic E-state index is 0.171. The fourth-order valence-corrected chi connectivity index (χ4v) is 2.71. The molecule has 0 aliphatic carbocycles. The van der Waals surface area contributed by atoms with Crippen LogP contribution in [0.3, 0.4) is 0 Å². The molecule has 132 valence electrons. The van der Waals surface area contributed by atoms with E-state index in [1.54, 1.807) is 20.3 Å². The van der Waals surface area contributed by atoms with Gasteiger partial charge in [0.05, 0.1) is 20.3 Å². The third-order valence-corrected chi connectivity index (χ3v) is 4.06. The van der Waals surface area contributed by atoms with Crippen molar-refractivity contribution in [2.24, 2.45) is 0 Å². The van der Waals surface area contributed by atoms with Crippen molar-refractivity contribution in [1.82, 2.24) is 5.32 Å². The molecule has 0 fully saturated rings. The molecule has 25 heavy (non-hydrogen) atoms. The van der Waals surface area contributed by atoms with Gasteiger partial charge in [-0.3, -0.25) is 4.79 Å². The summed E-state index contributed by atoms with van der Waals surface area (Å²) in [6.07, 6.45) is -0.700. The first-order valence-electron chi connectivity index (χ1n) is 8.03. The van der Waals surface area contributed by atoms with Crippen LogP contribution in [-0.2, 0) is 4.79 Å². The molecule has 0 saturated carbocycles. The van der Waals surface area contributed by atoms with Gasteiger partial charge in [-0.05, 0) is 37.3 Å². The summed E-state index contributed by atoms with van der Waals surface area (Å²) in [6.45, 7) is 2.05. The van der Waals surface area contributed by atoms with Gasteiger partial charge in [0.1, 0.15) is 18.1 Å². The van der Waals surface area contributed by atoms with Crippen LogP contribution in [0.4, 0.5) is 0 Å². The highest BCUT2D eigenvalue weighted by atomic mass is 16.6. The van der Waals surface area contributed by atoms with Gasteiger partial charge in [-0.25, -0.2) is 0 Å². The Morgan fingerprint density at radius 1 is 1.16 bits per heavy atom. The van der Waals surface area contributed by atoms with Crippen molar-refractivity contribution >= 4 is 5.91 Å². The van der Waals surface area contributed by atoms with Crippen LogP contribution < -0.4 is 24.3 Å². The molecule has 6 heteroatoms. The van der Waals surface area contributed by atoms with Crippen molar-refractivity contribution < 1.29 is 23.7 Å². The number of hydrogen-bond acceptors (Lipinski definition) is 5. The maximum absolute atomic E-state index is 12.6. The second-order valence-corrected chi connectivity index (χ2v) is 5.70.